The van der Waals surface area contributed by atoms with E-state index in [1.54, 1.807) is 0 Å². The van der Waals surface area contributed by atoms with Crippen LogP contribution in [0.25, 0.3) is 0 Å². The van der Waals surface area contributed by atoms with Crippen LogP contribution in [0, 0.1) is 5.92 Å². The van der Waals surface area contributed by atoms with Gasteiger partial charge in [-0.2, -0.15) is 0 Å². The number of hydrogen-bond donors (Lipinski definition) is 3. The van der Waals surface area contributed by atoms with E-state index < -0.39 is 0 Å². The van der Waals surface area contributed by atoms with Crippen molar-refractivity contribution >= 4 is 41.5 Å². The summed E-state index contributed by atoms with van der Waals surface area (Å²) < 4.78 is 0. The Morgan fingerprint density at radius 3 is 2.61 bits per heavy atom. The van der Waals surface area contributed by atoms with Crippen LogP contribution in [0.15, 0.2) is 29.3 Å². The topological polar surface area (TPSA) is 79.5 Å². The molecule has 0 aliphatic carbocycles. The van der Waals surface area contributed by atoms with Crippen molar-refractivity contribution < 1.29 is 4.79 Å². The number of nitrogens with one attached hydrogen (secondary N) is 2. The van der Waals surface area contributed by atoms with Gasteiger partial charge in [-0.1, -0.05) is 32.9 Å². The number of anilines is 1. The summed E-state index contributed by atoms with van der Waals surface area (Å²) in [6.07, 6.45) is 1.52. The first-order valence-corrected chi connectivity index (χ1v) is 7.86. The molecule has 4 N–H and O–H groups in total. The molecule has 1 unspecified atom stereocenters. The molecule has 23 heavy (non-hydrogen) atoms. The minimum absolute atomic E-state index is 0. The van der Waals surface area contributed by atoms with Gasteiger partial charge in [0.2, 0.25) is 5.91 Å². The highest BCUT2D eigenvalue weighted by Gasteiger charge is 2.05. The largest absolute Gasteiger partial charge is 0.370 e. The van der Waals surface area contributed by atoms with E-state index in [1.165, 1.54) is 0 Å². The molecule has 0 saturated carbocycles. The number of rotatable bonds is 7. The number of carbonyl (C=O) groups excluding carboxylic acids is 1. The number of nitrogens with two attached hydrogens (primary N) is 1. The Kier molecular flexibility index (Phi) is 10.6. The lowest BCUT2D eigenvalue weighted by Crippen LogP contribution is -2.38. The third-order valence-electron chi connectivity index (χ3n) is 3.24. The van der Waals surface area contributed by atoms with Crippen LogP contribution in [0.3, 0.4) is 0 Å². The molecule has 1 amide bonds. The maximum absolute atomic E-state index is 11.8. The summed E-state index contributed by atoms with van der Waals surface area (Å²) in [5, 5.41) is 6.03. The Balaban J connectivity index is 0.00000484. The summed E-state index contributed by atoms with van der Waals surface area (Å²) in [4.78, 5) is 16.1. The quantitative estimate of drug-likeness (QED) is 0.351. The van der Waals surface area contributed by atoms with Crippen molar-refractivity contribution in [3.8, 4) is 0 Å². The van der Waals surface area contributed by atoms with Crippen LogP contribution in [-0.4, -0.2) is 17.9 Å². The fourth-order valence-electron chi connectivity index (χ4n) is 1.91. The van der Waals surface area contributed by atoms with E-state index in [1.807, 2.05) is 38.1 Å². The molecule has 0 aliphatic rings. The normalized spacial score (nSPS) is 12.5. The van der Waals surface area contributed by atoms with Gasteiger partial charge in [0.25, 0.3) is 0 Å². The number of hydrogen-bond acceptors (Lipinski definition) is 2. The van der Waals surface area contributed by atoms with E-state index in [2.05, 4.69) is 29.5 Å². The van der Waals surface area contributed by atoms with Gasteiger partial charge >= 0.3 is 0 Å². The van der Waals surface area contributed by atoms with Crippen molar-refractivity contribution in [3.05, 3.63) is 29.8 Å². The zero-order chi connectivity index (χ0) is 16.5. The van der Waals surface area contributed by atoms with Gasteiger partial charge in [0.15, 0.2) is 5.96 Å². The van der Waals surface area contributed by atoms with E-state index >= 15 is 0 Å². The molecule has 1 rings (SSSR count). The van der Waals surface area contributed by atoms with Gasteiger partial charge in [-0.05, 0) is 37.0 Å². The first-order valence-electron chi connectivity index (χ1n) is 7.86. The Hall–Kier alpha value is -1.31. The summed E-state index contributed by atoms with van der Waals surface area (Å²) in [6, 6.07) is 8.00. The Bertz CT molecular complexity index is 517. The third-order valence-corrected chi connectivity index (χ3v) is 3.24. The van der Waals surface area contributed by atoms with Gasteiger partial charge in [-0.3, -0.25) is 4.79 Å². The predicted molar refractivity (Wildman–Crippen MR) is 108 cm³/mol. The molecule has 1 atom stereocenters. The van der Waals surface area contributed by atoms with E-state index in [0.29, 0.717) is 30.9 Å². The van der Waals surface area contributed by atoms with Gasteiger partial charge in [-0.15, -0.1) is 24.0 Å². The molecule has 5 nitrogen and oxygen atoms in total. The van der Waals surface area contributed by atoms with Crippen molar-refractivity contribution in [3.63, 3.8) is 0 Å². The van der Waals surface area contributed by atoms with Crippen LogP contribution in [0.5, 0.6) is 0 Å². The molecule has 0 saturated heterocycles. The highest BCUT2D eigenvalue weighted by atomic mass is 127. The van der Waals surface area contributed by atoms with Gasteiger partial charge < -0.3 is 16.4 Å². The van der Waals surface area contributed by atoms with Crippen molar-refractivity contribution in [1.29, 1.82) is 0 Å². The van der Waals surface area contributed by atoms with Crippen LogP contribution in [0.1, 0.15) is 46.1 Å². The van der Waals surface area contributed by atoms with Crippen molar-refractivity contribution in [2.75, 3.05) is 5.32 Å². The molecule has 130 valence electrons. The molecule has 0 radical (unpaired) electrons. The van der Waals surface area contributed by atoms with Crippen LogP contribution < -0.4 is 16.4 Å². The summed E-state index contributed by atoms with van der Waals surface area (Å²) in [5.74, 6) is 0.830. The van der Waals surface area contributed by atoms with E-state index in [9.17, 15) is 4.79 Å². The summed E-state index contributed by atoms with van der Waals surface area (Å²) in [7, 11) is 0. The highest BCUT2D eigenvalue weighted by molar-refractivity contribution is 14.0. The molecule has 0 bridgehead atoms. The molecular weight excluding hydrogens is 403 g/mol. The maximum atomic E-state index is 11.8. The van der Waals surface area contributed by atoms with Gasteiger partial charge in [-0.25, -0.2) is 4.99 Å². The van der Waals surface area contributed by atoms with Crippen molar-refractivity contribution in [2.45, 2.75) is 53.1 Å². The number of guanidine groups is 1. The lowest BCUT2D eigenvalue weighted by Gasteiger charge is -2.12. The van der Waals surface area contributed by atoms with Crippen LogP contribution in [0.2, 0.25) is 0 Å². The molecule has 0 fully saturated rings. The molecule has 0 aliphatic heterocycles. The van der Waals surface area contributed by atoms with Crippen molar-refractivity contribution in [1.82, 2.24) is 5.32 Å². The summed E-state index contributed by atoms with van der Waals surface area (Å²) in [5.41, 5.74) is 7.65. The van der Waals surface area contributed by atoms with E-state index in [4.69, 9.17) is 5.73 Å². The Morgan fingerprint density at radius 2 is 2.00 bits per heavy atom. The number of aliphatic imine (C=N–C) groups is 1. The second-order valence-electron chi connectivity index (χ2n) is 6.00. The fourth-order valence-corrected chi connectivity index (χ4v) is 1.91. The fraction of sp³-hybridized carbons (Fsp3) is 0.529. The summed E-state index contributed by atoms with van der Waals surface area (Å²) in [6.45, 7) is 8.69. The first kappa shape index (κ1) is 21.7. The lowest BCUT2D eigenvalue weighted by molar-refractivity contribution is -0.116. The first-order chi connectivity index (χ1) is 10.4. The molecule has 0 spiro atoms. The van der Waals surface area contributed by atoms with Gasteiger partial charge in [0.1, 0.15) is 0 Å². The molecule has 6 heteroatoms. The molecule has 0 heterocycles. The average Bonchev–Trinajstić information content (AvgIpc) is 2.44. The van der Waals surface area contributed by atoms with E-state index in [-0.39, 0.29) is 29.9 Å². The summed E-state index contributed by atoms with van der Waals surface area (Å²) >= 11 is 0. The number of halogens is 1. The van der Waals surface area contributed by atoms with Crippen LogP contribution in [0.4, 0.5) is 5.69 Å². The van der Waals surface area contributed by atoms with Crippen LogP contribution in [-0.2, 0) is 11.3 Å². The zero-order valence-electron chi connectivity index (χ0n) is 14.4. The maximum Gasteiger partial charge on any atom is 0.224 e. The Labute approximate surface area is 156 Å². The minimum Gasteiger partial charge on any atom is -0.370 e. The zero-order valence-corrected chi connectivity index (χ0v) is 16.8. The average molecular weight is 432 g/mol. The third kappa shape index (κ3) is 9.43. The standard InChI is InChI=1S/C17H28N4O.HI/c1-5-13(4)20-17(18)19-11-14-7-6-8-15(10-14)21-16(22)9-12(2)3;/h6-8,10,12-13H,5,9,11H2,1-4H3,(H,21,22)(H3,18,19,20);1H. The lowest BCUT2D eigenvalue weighted by atomic mass is 10.1. The molecular formula is C17H29IN4O. The number of benzene rings is 1. The van der Waals surface area contributed by atoms with Gasteiger partial charge in [0, 0.05) is 18.2 Å². The number of carbonyl (C=O) groups is 1. The highest BCUT2D eigenvalue weighted by Crippen LogP contribution is 2.13. The smallest absolute Gasteiger partial charge is 0.224 e. The second-order valence-corrected chi connectivity index (χ2v) is 6.00. The number of amides is 1. The molecule has 1 aromatic rings. The molecule has 0 aromatic heterocycles. The SMILES string of the molecule is CCC(C)NC(N)=NCc1cccc(NC(=O)CC(C)C)c1.I. The second kappa shape index (κ2) is 11.3. The van der Waals surface area contributed by atoms with E-state index in [0.717, 1.165) is 17.7 Å². The van der Waals surface area contributed by atoms with Gasteiger partial charge in [0.05, 0.1) is 6.54 Å². The Morgan fingerprint density at radius 1 is 1.30 bits per heavy atom. The number of nitrogens with zero attached hydrogens (tertiary/aromatic N) is 1. The monoisotopic (exact) mass is 432 g/mol. The molecule has 1 aromatic carbocycles. The van der Waals surface area contributed by atoms with Crippen LogP contribution >= 0.6 is 24.0 Å². The minimum atomic E-state index is 0. The van der Waals surface area contributed by atoms with Crippen molar-refractivity contribution in [2.24, 2.45) is 16.6 Å². The predicted octanol–water partition coefficient (Wildman–Crippen LogP) is 3.49.